The fraction of sp³-hybridized carbons (Fsp3) is 0.259. The summed E-state index contributed by atoms with van der Waals surface area (Å²) in [5.74, 6) is 2.02. The first-order chi connectivity index (χ1) is 15.5. The number of fused-ring (bicyclic) bond motifs is 1. The quantitative estimate of drug-likeness (QED) is 0.405. The maximum atomic E-state index is 12.6. The van der Waals surface area contributed by atoms with Gasteiger partial charge >= 0.3 is 0 Å². The maximum absolute atomic E-state index is 12.6. The van der Waals surface area contributed by atoms with Crippen molar-refractivity contribution in [2.45, 2.75) is 39.8 Å². The Bertz CT molecular complexity index is 1210. The standard InChI is InChI=1S/C27H29N3O2/c1-19(2)22-8-4-7-11-25(22)32-17-16-30-24-10-6-5-9-23(24)29-26(30)18-28-27(31)21-14-12-20(3)13-15-21/h4-15,19H,16-18H2,1-3H3,(H,28,31). The van der Waals surface area contributed by atoms with Crippen molar-refractivity contribution < 1.29 is 9.53 Å². The molecule has 0 aliphatic rings. The Morgan fingerprint density at radius 3 is 2.50 bits per heavy atom. The van der Waals surface area contributed by atoms with Crippen molar-refractivity contribution in [2.75, 3.05) is 6.61 Å². The second-order valence-corrected chi connectivity index (χ2v) is 8.26. The Hall–Kier alpha value is -3.60. The Balaban J connectivity index is 1.49. The minimum Gasteiger partial charge on any atom is -0.491 e. The van der Waals surface area contributed by atoms with Crippen LogP contribution in [0.3, 0.4) is 0 Å². The molecule has 4 aromatic rings. The zero-order chi connectivity index (χ0) is 22.5. The third-order valence-corrected chi connectivity index (χ3v) is 5.57. The normalized spacial score (nSPS) is 11.1. The molecule has 4 rings (SSSR count). The summed E-state index contributed by atoms with van der Waals surface area (Å²) in [6.07, 6.45) is 0. The zero-order valence-corrected chi connectivity index (χ0v) is 18.8. The van der Waals surface area contributed by atoms with Crippen LogP contribution in [0.25, 0.3) is 11.0 Å². The van der Waals surface area contributed by atoms with Gasteiger partial charge in [-0.1, -0.05) is 61.9 Å². The lowest BCUT2D eigenvalue weighted by Crippen LogP contribution is -2.25. The predicted octanol–water partition coefficient (Wildman–Crippen LogP) is 5.48. The molecule has 5 heteroatoms. The summed E-state index contributed by atoms with van der Waals surface area (Å²) >= 11 is 0. The molecule has 5 nitrogen and oxygen atoms in total. The Morgan fingerprint density at radius 1 is 1.00 bits per heavy atom. The van der Waals surface area contributed by atoms with E-state index >= 15 is 0 Å². The van der Waals surface area contributed by atoms with Gasteiger partial charge in [-0.05, 0) is 48.7 Å². The summed E-state index contributed by atoms with van der Waals surface area (Å²) in [5.41, 5.74) is 4.92. The van der Waals surface area contributed by atoms with Crippen molar-refractivity contribution in [3.8, 4) is 5.75 Å². The van der Waals surface area contributed by atoms with E-state index in [2.05, 4.69) is 35.9 Å². The number of hydrogen-bond acceptors (Lipinski definition) is 3. The van der Waals surface area contributed by atoms with E-state index in [-0.39, 0.29) is 5.91 Å². The van der Waals surface area contributed by atoms with Crippen LogP contribution in [0.2, 0.25) is 0 Å². The Labute approximate surface area is 189 Å². The van der Waals surface area contributed by atoms with Gasteiger partial charge in [0, 0.05) is 5.56 Å². The van der Waals surface area contributed by atoms with Gasteiger partial charge in [-0.25, -0.2) is 4.98 Å². The number of nitrogens with zero attached hydrogens (tertiary/aromatic N) is 2. The number of carbonyl (C=O) groups excluding carboxylic acids is 1. The summed E-state index contributed by atoms with van der Waals surface area (Å²) < 4.78 is 8.27. The molecular weight excluding hydrogens is 398 g/mol. The van der Waals surface area contributed by atoms with Gasteiger partial charge in [-0.3, -0.25) is 4.79 Å². The molecule has 3 aromatic carbocycles. The Kier molecular flexibility index (Phi) is 6.55. The van der Waals surface area contributed by atoms with Gasteiger partial charge < -0.3 is 14.6 Å². The molecular formula is C27H29N3O2. The van der Waals surface area contributed by atoms with Crippen LogP contribution in [0.15, 0.2) is 72.8 Å². The number of benzene rings is 3. The van der Waals surface area contributed by atoms with E-state index < -0.39 is 0 Å². The number of para-hydroxylation sites is 3. The smallest absolute Gasteiger partial charge is 0.251 e. The van der Waals surface area contributed by atoms with E-state index in [4.69, 9.17) is 9.72 Å². The van der Waals surface area contributed by atoms with E-state index in [1.165, 1.54) is 5.56 Å². The summed E-state index contributed by atoms with van der Waals surface area (Å²) in [4.78, 5) is 17.3. The largest absolute Gasteiger partial charge is 0.491 e. The van der Waals surface area contributed by atoms with Gasteiger partial charge in [0.1, 0.15) is 18.2 Å². The molecule has 1 heterocycles. The van der Waals surface area contributed by atoms with Crippen LogP contribution in [0, 0.1) is 6.92 Å². The molecule has 0 aliphatic heterocycles. The molecule has 0 fully saturated rings. The fourth-order valence-corrected chi connectivity index (χ4v) is 3.81. The molecule has 0 radical (unpaired) electrons. The average molecular weight is 428 g/mol. The number of nitrogens with one attached hydrogen (secondary N) is 1. The van der Waals surface area contributed by atoms with Crippen LogP contribution < -0.4 is 10.1 Å². The molecule has 32 heavy (non-hydrogen) atoms. The third-order valence-electron chi connectivity index (χ3n) is 5.57. The third kappa shape index (κ3) is 4.83. The van der Waals surface area contributed by atoms with Gasteiger partial charge in [-0.2, -0.15) is 0 Å². The van der Waals surface area contributed by atoms with Crippen molar-refractivity contribution >= 4 is 16.9 Å². The van der Waals surface area contributed by atoms with E-state index in [0.717, 1.165) is 28.2 Å². The number of rotatable bonds is 8. The van der Waals surface area contributed by atoms with E-state index in [1.807, 2.05) is 67.6 Å². The van der Waals surface area contributed by atoms with Crippen molar-refractivity contribution in [1.82, 2.24) is 14.9 Å². The van der Waals surface area contributed by atoms with Crippen LogP contribution in [0.1, 0.15) is 47.1 Å². The SMILES string of the molecule is Cc1ccc(C(=O)NCc2nc3ccccc3n2CCOc2ccccc2C(C)C)cc1. The first-order valence-electron chi connectivity index (χ1n) is 11.0. The number of aryl methyl sites for hydroxylation is 1. The second-order valence-electron chi connectivity index (χ2n) is 8.26. The molecule has 1 amide bonds. The lowest BCUT2D eigenvalue weighted by atomic mass is 10.0. The predicted molar refractivity (Wildman–Crippen MR) is 128 cm³/mol. The first kappa shape index (κ1) is 21.6. The van der Waals surface area contributed by atoms with Crippen molar-refractivity contribution in [1.29, 1.82) is 0 Å². The lowest BCUT2D eigenvalue weighted by Gasteiger charge is -2.15. The van der Waals surface area contributed by atoms with Crippen molar-refractivity contribution in [3.63, 3.8) is 0 Å². The topological polar surface area (TPSA) is 56.2 Å². The summed E-state index contributed by atoms with van der Waals surface area (Å²) in [6.45, 7) is 7.85. The minimum atomic E-state index is -0.106. The van der Waals surface area contributed by atoms with E-state index in [9.17, 15) is 4.79 Å². The number of ether oxygens (including phenoxy) is 1. The molecule has 164 valence electrons. The molecule has 1 aromatic heterocycles. The molecule has 0 unspecified atom stereocenters. The van der Waals surface area contributed by atoms with E-state index in [1.54, 1.807) is 0 Å². The number of amides is 1. The zero-order valence-electron chi connectivity index (χ0n) is 18.8. The fourth-order valence-electron chi connectivity index (χ4n) is 3.81. The van der Waals surface area contributed by atoms with Gasteiger partial charge in [0.2, 0.25) is 0 Å². The average Bonchev–Trinajstić information content (AvgIpc) is 3.15. The highest BCUT2D eigenvalue weighted by Gasteiger charge is 2.13. The van der Waals surface area contributed by atoms with Crippen LogP contribution in [-0.4, -0.2) is 22.1 Å². The number of aromatic nitrogens is 2. The second kappa shape index (κ2) is 9.69. The van der Waals surface area contributed by atoms with E-state index in [0.29, 0.717) is 31.2 Å². The number of carbonyl (C=O) groups is 1. The molecule has 0 spiro atoms. The summed E-state index contributed by atoms with van der Waals surface area (Å²) in [6, 6.07) is 23.8. The Morgan fingerprint density at radius 2 is 1.72 bits per heavy atom. The van der Waals surface area contributed by atoms with Crippen LogP contribution >= 0.6 is 0 Å². The highest BCUT2D eigenvalue weighted by atomic mass is 16.5. The molecule has 0 bridgehead atoms. The van der Waals surface area contributed by atoms with Gasteiger partial charge in [0.25, 0.3) is 5.91 Å². The van der Waals surface area contributed by atoms with Crippen molar-refractivity contribution in [3.05, 3.63) is 95.3 Å². The molecule has 0 saturated heterocycles. The minimum absolute atomic E-state index is 0.106. The summed E-state index contributed by atoms with van der Waals surface area (Å²) in [5, 5.41) is 3.01. The van der Waals surface area contributed by atoms with Gasteiger partial charge in [0.15, 0.2) is 0 Å². The highest BCUT2D eigenvalue weighted by Crippen LogP contribution is 2.26. The first-order valence-corrected chi connectivity index (χ1v) is 11.0. The molecule has 0 atom stereocenters. The van der Waals surface area contributed by atoms with Crippen LogP contribution in [-0.2, 0) is 13.1 Å². The van der Waals surface area contributed by atoms with Gasteiger partial charge in [0.05, 0.1) is 24.1 Å². The van der Waals surface area contributed by atoms with Gasteiger partial charge in [-0.15, -0.1) is 0 Å². The van der Waals surface area contributed by atoms with Crippen LogP contribution in [0.5, 0.6) is 5.75 Å². The maximum Gasteiger partial charge on any atom is 0.251 e. The monoisotopic (exact) mass is 427 g/mol. The van der Waals surface area contributed by atoms with Crippen LogP contribution in [0.4, 0.5) is 0 Å². The number of hydrogen-bond donors (Lipinski definition) is 1. The van der Waals surface area contributed by atoms with Crippen molar-refractivity contribution in [2.24, 2.45) is 0 Å². The molecule has 0 saturated carbocycles. The highest BCUT2D eigenvalue weighted by molar-refractivity contribution is 5.94. The molecule has 0 aliphatic carbocycles. The molecule has 1 N–H and O–H groups in total. The summed E-state index contributed by atoms with van der Waals surface area (Å²) in [7, 11) is 0. The number of imidazole rings is 1. The lowest BCUT2D eigenvalue weighted by molar-refractivity contribution is 0.0949.